The third-order valence-electron chi connectivity index (χ3n) is 3.88. The van der Waals surface area contributed by atoms with Gasteiger partial charge >= 0.3 is 0 Å². The fraction of sp³-hybridized carbons (Fsp3) is 0.562. The van der Waals surface area contributed by atoms with E-state index in [4.69, 9.17) is 10.5 Å². The van der Waals surface area contributed by atoms with Gasteiger partial charge in [0.1, 0.15) is 5.54 Å². The molecule has 1 unspecified atom stereocenters. The third-order valence-corrected chi connectivity index (χ3v) is 3.88. The van der Waals surface area contributed by atoms with Crippen molar-refractivity contribution in [3.63, 3.8) is 0 Å². The van der Waals surface area contributed by atoms with E-state index in [-0.39, 0.29) is 5.91 Å². The minimum absolute atomic E-state index is 0.00899. The Bertz CT molecular complexity index is 427. The molecule has 1 aliphatic heterocycles. The van der Waals surface area contributed by atoms with Gasteiger partial charge in [0, 0.05) is 20.2 Å². The summed E-state index contributed by atoms with van der Waals surface area (Å²) in [5.41, 5.74) is 6.63. The molecule has 110 valence electrons. The number of hydrogen-bond donors (Lipinski definition) is 1. The van der Waals surface area contributed by atoms with Gasteiger partial charge in [-0.25, -0.2) is 0 Å². The lowest BCUT2D eigenvalue weighted by Gasteiger charge is -2.27. The van der Waals surface area contributed by atoms with Gasteiger partial charge in [-0.3, -0.25) is 4.79 Å². The Hall–Kier alpha value is -1.39. The summed E-state index contributed by atoms with van der Waals surface area (Å²) in [6.45, 7) is 1.69. The topological polar surface area (TPSA) is 55.6 Å². The van der Waals surface area contributed by atoms with Crippen molar-refractivity contribution in [2.24, 2.45) is 5.73 Å². The number of hydrogen-bond acceptors (Lipinski definition) is 3. The predicted octanol–water partition coefficient (Wildman–Crippen LogP) is 1.59. The zero-order valence-electron chi connectivity index (χ0n) is 12.2. The van der Waals surface area contributed by atoms with E-state index in [9.17, 15) is 4.79 Å². The van der Waals surface area contributed by atoms with Crippen LogP contribution >= 0.6 is 0 Å². The molecule has 1 saturated heterocycles. The van der Waals surface area contributed by atoms with E-state index in [0.717, 1.165) is 25.8 Å². The molecule has 2 N–H and O–H groups in total. The predicted molar refractivity (Wildman–Crippen MR) is 79.4 cm³/mol. The highest BCUT2D eigenvalue weighted by Crippen LogP contribution is 2.18. The Morgan fingerprint density at radius 2 is 2.10 bits per heavy atom. The average molecular weight is 276 g/mol. The molecule has 0 aromatic heterocycles. The first kappa shape index (κ1) is 15.0. The highest BCUT2D eigenvalue weighted by atomic mass is 16.5. The molecular formula is C16H24N2O2. The highest BCUT2D eigenvalue weighted by molar-refractivity contribution is 5.86. The molecule has 1 atom stereocenters. The Balaban J connectivity index is 1.70. The van der Waals surface area contributed by atoms with Crippen LogP contribution in [0.3, 0.4) is 0 Å². The number of nitrogens with two attached hydrogens (primary N) is 1. The van der Waals surface area contributed by atoms with Gasteiger partial charge in [-0.2, -0.15) is 0 Å². The fourth-order valence-electron chi connectivity index (χ4n) is 2.55. The summed E-state index contributed by atoms with van der Waals surface area (Å²) in [6, 6.07) is 10.4. The smallest absolute Gasteiger partial charge is 0.244 e. The van der Waals surface area contributed by atoms with Crippen LogP contribution in [-0.4, -0.2) is 43.2 Å². The summed E-state index contributed by atoms with van der Waals surface area (Å²) in [7, 11) is 1.83. The molecule has 2 rings (SSSR count). The molecule has 1 aromatic rings. The van der Waals surface area contributed by atoms with Gasteiger partial charge in [-0.05, 0) is 31.2 Å². The molecule has 1 fully saturated rings. The van der Waals surface area contributed by atoms with Gasteiger partial charge in [0.2, 0.25) is 5.91 Å². The SMILES string of the molecule is CN(CCCCc1ccccc1)C(=O)C1(N)CCOC1. The van der Waals surface area contributed by atoms with Crippen molar-refractivity contribution in [1.29, 1.82) is 0 Å². The summed E-state index contributed by atoms with van der Waals surface area (Å²) in [4.78, 5) is 14.0. The van der Waals surface area contributed by atoms with Crippen molar-refractivity contribution >= 4 is 5.91 Å². The molecule has 4 nitrogen and oxygen atoms in total. The maximum atomic E-state index is 12.3. The van der Waals surface area contributed by atoms with Crippen molar-refractivity contribution in [2.45, 2.75) is 31.2 Å². The number of benzene rings is 1. The first-order valence-electron chi connectivity index (χ1n) is 7.28. The maximum absolute atomic E-state index is 12.3. The number of ether oxygens (including phenoxy) is 1. The van der Waals surface area contributed by atoms with Crippen molar-refractivity contribution in [3.8, 4) is 0 Å². The summed E-state index contributed by atoms with van der Waals surface area (Å²) in [5.74, 6) is 0.00899. The molecule has 0 aliphatic carbocycles. The molecule has 0 radical (unpaired) electrons. The minimum Gasteiger partial charge on any atom is -0.379 e. The van der Waals surface area contributed by atoms with Gasteiger partial charge in [0.05, 0.1) is 6.61 Å². The largest absolute Gasteiger partial charge is 0.379 e. The number of likely N-dealkylation sites (N-methyl/N-ethyl adjacent to an activating group) is 1. The van der Waals surface area contributed by atoms with Crippen molar-refractivity contribution in [3.05, 3.63) is 35.9 Å². The summed E-state index contributed by atoms with van der Waals surface area (Å²) >= 11 is 0. The molecule has 1 aliphatic rings. The quantitative estimate of drug-likeness (QED) is 0.803. The number of aryl methyl sites for hydroxylation is 1. The van der Waals surface area contributed by atoms with E-state index in [0.29, 0.717) is 19.6 Å². The Labute approximate surface area is 120 Å². The number of amides is 1. The van der Waals surface area contributed by atoms with Crippen molar-refractivity contribution < 1.29 is 9.53 Å². The molecule has 20 heavy (non-hydrogen) atoms. The Kier molecular flexibility index (Phi) is 5.15. The lowest BCUT2D eigenvalue weighted by atomic mass is 9.98. The lowest BCUT2D eigenvalue weighted by Crippen LogP contribution is -2.55. The summed E-state index contributed by atoms with van der Waals surface area (Å²) in [5, 5.41) is 0. The van der Waals surface area contributed by atoms with Crippen LogP contribution < -0.4 is 5.73 Å². The van der Waals surface area contributed by atoms with Gasteiger partial charge in [0.15, 0.2) is 0 Å². The fourth-order valence-corrected chi connectivity index (χ4v) is 2.55. The van der Waals surface area contributed by atoms with E-state index in [1.54, 1.807) is 4.90 Å². The average Bonchev–Trinajstić information content (AvgIpc) is 2.92. The van der Waals surface area contributed by atoms with Gasteiger partial charge < -0.3 is 15.4 Å². The lowest BCUT2D eigenvalue weighted by molar-refractivity contribution is -0.135. The number of nitrogens with zero attached hydrogens (tertiary/aromatic N) is 1. The van der Waals surface area contributed by atoms with Crippen LogP contribution in [0.15, 0.2) is 30.3 Å². The second kappa shape index (κ2) is 6.86. The molecule has 1 aromatic carbocycles. The van der Waals surface area contributed by atoms with E-state index < -0.39 is 5.54 Å². The van der Waals surface area contributed by atoms with Crippen LogP contribution in [0.4, 0.5) is 0 Å². The standard InChI is InChI=1S/C16H24N2O2/c1-18(15(19)16(17)10-12-20-13-16)11-6-5-9-14-7-3-2-4-8-14/h2-4,7-8H,5-6,9-13,17H2,1H3. The minimum atomic E-state index is -0.797. The Morgan fingerprint density at radius 1 is 1.35 bits per heavy atom. The number of unbranched alkanes of at least 4 members (excludes halogenated alkanes) is 1. The molecule has 0 bridgehead atoms. The second-order valence-electron chi connectivity index (χ2n) is 5.63. The van der Waals surface area contributed by atoms with Crippen LogP contribution in [0.1, 0.15) is 24.8 Å². The zero-order valence-corrected chi connectivity index (χ0v) is 12.2. The van der Waals surface area contributed by atoms with Gasteiger partial charge in [-0.1, -0.05) is 30.3 Å². The van der Waals surface area contributed by atoms with Gasteiger partial charge in [-0.15, -0.1) is 0 Å². The van der Waals surface area contributed by atoms with Crippen LogP contribution in [0.25, 0.3) is 0 Å². The monoisotopic (exact) mass is 276 g/mol. The van der Waals surface area contributed by atoms with Crippen molar-refractivity contribution in [2.75, 3.05) is 26.8 Å². The van der Waals surface area contributed by atoms with Crippen molar-refractivity contribution in [1.82, 2.24) is 4.90 Å². The normalized spacial score (nSPS) is 21.9. The highest BCUT2D eigenvalue weighted by Gasteiger charge is 2.39. The molecular weight excluding hydrogens is 252 g/mol. The molecule has 1 heterocycles. The Morgan fingerprint density at radius 3 is 2.75 bits per heavy atom. The molecule has 4 heteroatoms. The van der Waals surface area contributed by atoms with Gasteiger partial charge in [0.25, 0.3) is 0 Å². The summed E-state index contributed by atoms with van der Waals surface area (Å²) in [6.07, 6.45) is 3.75. The van der Waals surface area contributed by atoms with Crippen LogP contribution in [-0.2, 0) is 16.0 Å². The molecule has 0 spiro atoms. The number of rotatable bonds is 6. The number of carbonyl (C=O) groups is 1. The third kappa shape index (κ3) is 3.81. The van der Waals surface area contributed by atoms with E-state index in [2.05, 4.69) is 24.3 Å². The van der Waals surface area contributed by atoms with Crippen LogP contribution in [0, 0.1) is 0 Å². The molecule has 0 saturated carbocycles. The van der Waals surface area contributed by atoms with E-state index in [1.165, 1.54) is 5.56 Å². The maximum Gasteiger partial charge on any atom is 0.244 e. The first-order chi connectivity index (χ1) is 9.62. The van der Waals surface area contributed by atoms with E-state index >= 15 is 0 Å². The van der Waals surface area contributed by atoms with Crippen LogP contribution in [0.5, 0.6) is 0 Å². The van der Waals surface area contributed by atoms with E-state index in [1.807, 2.05) is 13.1 Å². The second-order valence-corrected chi connectivity index (χ2v) is 5.63. The summed E-state index contributed by atoms with van der Waals surface area (Å²) < 4.78 is 5.24. The number of carbonyl (C=O) groups excluding carboxylic acids is 1. The first-order valence-corrected chi connectivity index (χ1v) is 7.28. The molecule has 1 amide bonds. The van der Waals surface area contributed by atoms with Crippen LogP contribution in [0.2, 0.25) is 0 Å². The zero-order chi connectivity index (χ0) is 14.4.